The van der Waals surface area contributed by atoms with Crippen LogP contribution >= 0.6 is 0 Å². The molecule has 0 saturated carbocycles. The number of nitrogens with two attached hydrogens (primary N) is 1. The van der Waals surface area contributed by atoms with E-state index in [0.29, 0.717) is 24.7 Å². The molecule has 3 N–H and O–H groups in total. The Morgan fingerprint density at radius 3 is 2.27 bits per heavy atom. The van der Waals surface area contributed by atoms with Crippen molar-refractivity contribution in [3.8, 4) is 5.75 Å². The summed E-state index contributed by atoms with van der Waals surface area (Å²) in [4.78, 5) is 37.0. The quantitative estimate of drug-likeness (QED) is 0.624. The molecular weight excluding hydrogens is 390 g/mol. The molecule has 1 heterocycles. The predicted octanol–water partition coefficient (Wildman–Crippen LogP) is 1.18. The number of morpholine rings is 1. The number of carbonyl (C=O) groups excluding carboxylic acids is 3. The van der Waals surface area contributed by atoms with Gasteiger partial charge in [0.15, 0.2) is 13.2 Å². The van der Waals surface area contributed by atoms with Crippen molar-refractivity contribution in [3.63, 3.8) is 0 Å². The molecule has 1 aliphatic rings. The molecule has 9 heteroatoms. The normalized spacial score (nSPS) is 13.4. The van der Waals surface area contributed by atoms with E-state index in [-0.39, 0.29) is 12.2 Å². The molecule has 1 aliphatic heterocycles. The van der Waals surface area contributed by atoms with Crippen LogP contribution in [0.1, 0.15) is 10.4 Å². The molecule has 0 aliphatic carbocycles. The van der Waals surface area contributed by atoms with Crippen LogP contribution in [0.2, 0.25) is 0 Å². The first-order chi connectivity index (χ1) is 14.5. The molecule has 1 saturated heterocycles. The second-order valence-electron chi connectivity index (χ2n) is 6.55. The molecule has 0 aromatic heterocycles. The number of esters is 1. The zero-order valence-electron chi connectivity index (χ0n) is 16.3. The topological polar surface area (TPSA) is 120 Å². The molecule has 2 aromatic carbocycles. The van der Waals surface area contributed by atoms with Gasteiger partial charge in [0, 0.05) is 24.5 Å². The Kier molecular flexibility index (Phi) is 7.23. The Hall–Kier alpha value is -3.59. The third-order valence-corrected chi connectivity index (χ3v) is 4.33. The maximum Gasteiger partial charge on any atom is 0.338 e. The van der Waals surface area contributed by atoms with Gasteiger partial charge in [-0.3, -0.25) is 9.59 Å². The Labute approximate surface area is 173 Å². The lowest BCUT2D eigenvalue weighted by Crippen LogP contribution is -2.36. The van der Waals surface area contributed by atoms with Gasteiger partial charge in [0.2, 0.25) is 0 Å². The van der Waals surface area contributed by atoms with Crippen LogP contribution in [-0.4, -0.2) is 57.3 Å². The highest BCUT2D eigenvalue weighted by Crippen LogP contribution is 2.19. The second kappa shape index (κ2) is 10.3. The summed E-state index contributed by atoms with van der Waals surface area (Å²) in [6.07, 6.45) is 0. The monoisotopic (exact) mass is 413 g/mol. The van der Waals surface area contributed by atoms with Gasteiger partial charge in [0.1, 0.15) is 5.75 Å². The van der Waals surface area contributed by atoms with Gasteiger partial charge >= 0.3 is 5.97 Å². The number of nitrogens with zero attached hydrogens (tertiary/aromatic N) is 1. The SMILES string of the molecule is NC(=O)COc1ccc(C(=O)OCC(=O)Nc2ccc(N3CCOCC3)cc2)cc1. The number of ether oxygens (including phenoxy) is 3. The van der Waals surface area contributed by atoms with E-state index in [9.17, 15) is 14.4 Å². The van der Waals surface area contributed by atoms with Crippen LogP contribution in [0.3, 0.4) is 0 Å². The standard InChI is InChI=1S/C21H23N3O6/c22-19(25)13-29-18-7-1-15(2-8-18)21(27)30-14-20(26)23-16-3-5-17(6-4-16)24-9-11-28-12-10-24/h1-8H,9-14H2,(H2,22,25)(H,23,26). The van der Waals surface area contributed by atoms with E-state index in [4.69, 9.17) is 19.9 Å². The lowest BCUT2D eigenvalue weighted by molar-refractivity contribution is -0.120. The van der Waals surface area contributed by atoms with Crippen LogP contribution in [0.5, 0.6) is 5.75 Å². The Balaban J connectivity index is 1.44. The molecule has 0 radical (unpaired) electrons. The molecule has 0 unspecified atom stereocenters. The minimum atomic E-state index is -0.644. The molecule has 30 heavy (non-hydrogen) atoms. The molecular formula is C21H23N3O6. The van der Waals surface area contributed by atoms with Gasteiger partial charge in [-0.25, -0.2) is 4.79 Å². The van der Waals surface area contributed by atoms with Gasteiger partial charge in [0.05, 0.1) is 18.8 Å². The van der Waals surface area contributed by atoms with Crippen molar-refractivity contribution >= 4 is 29.2 Å². The van der Waals surface area contributed by atoms with Crippen LogP contribution in [0.4, 0.5) is 11.4 Å². The summed E-state index contributed by atoms with van der Waals surface area (Å²) in [6, 6.07) is 13.4. The summed E-state index contributed by atoms with van der Waals surface area (Å²) < 4.78 is 15.5. The minimum absolute atomic E-state index is 0.253. The predicted molar refractivity (Wildman–Crippen MR) is 110 cm³/mol. The van der Waals surface area contributed by atoms with Gasteiger partial charge in [-0.05, 0) is 48.5 Å². The number of nitrogens with one attached hydrogen (secondary N) is 1. The molecule has 0 bridgehead atoms. The van der Waals surface area contributed by atoms with Crippen molar-refractivity contribution < 1.29 is 28.6 Å². The molecule has 1 fully saturated rings. The number of anilines is 2. The van der Waals surface area contributed by atoms with Gasteiger partial charge < -0.3 is 30.2 Å². The summed E-state index contributed by atoms with van der Waals surface area (Å²) in [5.74, 6) is -1.29. The first-order valence-electron chi connectivity index (χ1n) is 9.42. The number of carbonyl (C=O) groups is 3. The van der Waals surface area contributed by atoms with E-state index in [1.807, 2.05) is 12.1 Å². The number of hydrogen-bond donors (Lipinski definition) is 2. The molecule has 0 atom stereocenters. The Morgan fingerprint density at radius 2 is 1.63 bits per heavy atom. The number of hydrogen-bond acceptors (Lipinski definition) is 7. The van der Waals surface area contributed by atoms with Gasteiger partial charge in [0.25, 0.3) is 11.8 Å². The van der Waals surface area contributed by atoms with Crippen molar-refractivity contribution in [3.05, 3.63) is 54.1 Å². The lowest BCUT2D eigenvalue weighted by Gasteiger charge is -2.28. The van der Waals surface area contributed by atoms with E-state index in [1.165, 1.54) is 24.3 Å². The van der Waals surface area contributed by atoms with Crippen LogP contribution < -0.4 is 20.7 Å². The first kappa shape index (κ1) is 21.1. The Bertz CT molecular complexity index is 877. The van der Waals surface area contributed by atoms with Gasteiger partial charge in [-0.15, -0.1) is 0 Å². The second-order valence-corrected chi connectivity index (χ2v) is 6.55. The van der Waals surface area contributed by atoms with E-state index in [2.05, 4.69) is 10.2 Å². The zero-order chi connectivity index (χ0) is 21.3. The van der Waals surface area contributed by atoms with E-state index in [0.717, 1.165) is 18.8 Å². The summed E-state index contributed by atoms with van der Waals surface area (Å²) in [5.41, 5.74) is 6.93. The average Bonchev–Trinajstić information content (AvgIpc) is 2.77. The van der Waals surface area contributed by atoms with Crippen molar-refractivity contribution in [2.45, 2.75) is 0 Å². The molecule has 3 rings (SSSR count). The fourth-order valence-corrected chi connectivity index (χ4v) is 2.83. The third kappa shape index (κ3) is 6.21. The molecule has 9 nitrogen and oxygen atoms in total. The summed E-state index contributed by atoms with van der Waals surface area (Å²) in [5, 5.41) is 2.69. The lowest BCUT2D eigenvalue weighted by atomic mass is 10.2. The number of benzene rings is 2. The van der Waals surface area contributed by atoms with Crippen molar-refractivity contribution in [1.29, 1.82) is 0 Å². The van der Waals surface area contributed by atoms with E-state index in [1.54, 1.807) is 12.1 Å². The Morgan fingerprint density at radius 1 is 0.967 bits per heavy atom. The molecule has 158 valence electrons. The number of amides is 2. The summed E-state index contributed by atoms with van der Waals surface area (Å²) in [6.45, 7) is 2.40. The third-order valence-electron chi connectivity index (χ3n) is 4.33. The summed E-state index contributed by atoms with van der Waals surface area (Å²) in [7, 11) is 0. The van der Waals surface area contributed by atoms with E-state index < -0.39 is 24.4 Å². The maximum atomic E-state index is 12.1. The van der Waals surface area contributed by atoms with Crippen LogP contribution in [0.25, 0.3) is 0 Å². The summed E-state index contributed by atoms with van der Waals surface area (Å²) >= 11 is 0. The van der Waals surface area contributed by atoms with Gasteiger partial charge in [-0.2, -0.15) is 0 Å². The van der Waals surface area contributed by atoms with E-state index >= 15 is 0 Å². The van der Waals surface area contributed by atoms with Crippen molar-refractivity contribution in [2.75, 3.05) is 49.7 Å². The van der Waals surface area contributed by atoms with Crippen molar-refractivity contribution in [2.24, 2.45) is 5.73 Å². The molecule has 2 amide bonds. The smallest absolute Gasteiger partial charge is 0.338 e. The highest BCUT2D eigenvalue weighted by Gasteiger charge is 2.13. The van der Waals surface area contributed by atoms with Crippen LogP contribution in [-0.2, 0) is 19.1 Å². The highest BCUT2D eigenvalue weighted by atomic mass is 16.5. The average molecular weight is 413 g/mol. The highest BCUT2D eigenvalue weighted by molar-refractivity contribution is 5.95. The maximum absolute atomic E-state index is 12.1. The largest absolute Gasteiger partial charge is 0.484 e. The minimum Gasteiger partial charge on any atom is -0.484 e. The fraction of sp³-hybridized carbons (Fsp3) is 0.286. The fourth-order valence-electron chi connectivity index (χ4n) is 2.83. The number of primary amides is 1. The molecule has 0 spiro atoms. The van der Waals surface area contributed by atoms with Gasteiger partial charge in [-0.1, -0.05) is 0 Å². The van der Waals surface area contributed by atoms with Crippen LogP contribution in [0, 0.1) is 0 Å². The first-order valence-corrected chi connectivity index (χ1v) is 9.42. The van der Waals surface area contributed by atoms with Crippen LogP contribution in [0.15, 0.2) is 48.5 Å². The van der Waals surface area contributed by atoms with Crippen molar-refractivity contribution in [1.82, 2.24) is 0 Å². The zero-order valence-corrected chi connectivity index (χ0v) is 16.3. The number of rotatable bonds is 8. The molecule has 2 aromatic rings.